The average molecular weight is 278 g/mol. The Morgan fingerprint density at radius 3 is 3.00 bits per heavy atom. The number of hydrogen-bond donors (Lipinski definition) is 2. The summed E-state index contributed by atoms with van der Waals surface area (Å²) in [6, 6.07) is 2.94. The number of benzene rings is 1. The maximum Gasteiger partial charge on any atom is 0.232 e. The Bertz CT molecular complexity index is 541. The van der Waals surface area contributed by atoms with Crippen molar-refractivity contribution < 1.29 is 13.9 Å². The number of halogens is 1. The van der Waals surface area contributed by atoms with Gasteiger partial charge in [0.2, 0.25) is 5.91 Å². The van der Waals surface area contributed by atoms with E-state index in [-0.39, 0.29) is 24.0 Å². The van der Waals surface area contributed by atoms with E-state index in [2.05, 4.69) is 5.32 Å². The largest absolute Gasteiger partial charge is 0.376 e. The van der Waals surface area contributed by atoms with E-state index < -0.39 is 5.82 Å². The van der Waals surface area contributed by atoms with Crippen molar-refractivity contribution in [2.24, 2.45) is 5.73 Å². The van der Waals surface area contributed by atoms with Gasteiger partial charge in [-0.2, -0.15) is 0 Å². The summed E-state index contributed by atoms with van der Waals surface area (Å²) in [6.45, 7) is 2.63. The van der Waals surface area contributed by atoms with Gasteiger partial charge in [0, 0.05) is 6.61 Å². The van der Waals surface area contributed by atoms with Crippen LogP contribution in [-0.4, -0.2) is 18.6 Å². The highest BCUT2D eigenvalue weighted by Gasteiger charge is 2.33. The lowest BCUT2D eigenvalue weighted by Crippen LogP contribution is -2.25. The van der Waals surface area contributed by atoms with Crippen molar-refractivity contribution in [3.8, 4) is 0 Å². The van der Waals surface area contributed by atoms with Gasteiger partial charge in [-0.15, -0.1) is 0 Å². The molecule has 0 saturated carbocycles. The zero-order chi connectivity index (χ0) is 14.3. The fourth-order valence-corrected chi connectivity index (χ4v) is 3.11. The van der Waals surface area contributed by atoms with Crippen molar-refractivity contribution in [2.75, 3.05) is 11.9 Å². The molecule has 2 aliphatic heterocycles. The van der Waals surface area contributed by atoms with E-state index in [9.17, 15) is 9.18 Å². The lowest BCUT2D eigenvalue weighted by atomic mass is 9.92. The van der Waals surface area contributed by atoms with Gasteiger partial charge in [-0.1, -0.05) is 13.0 Å². The lowest BCUT2D eigenvalue weighted by Gasteiger charge is -2.20. The van der Waals surface area contributed by atoms with Crippen LogP contribution >= 0.6 is 0 Å². The van der Waals surface area contributed by atoms with E-state index >= 15 is 0 Å². The predicted molar refractivity (Wildman–Crippen MR) is 74.0 cm³/mol. The first-order valence-electron chi connectivity index (χ1n) is 7.13. The van der Waals surface area contributed by atoms with E-state index in [0.717, 1.165) is 18.4 Å². The quantitative estimate of drug-likeness (QED) is 0.892. The Morgan fingerprint density at radius 2 is 2.35 bits per heavy atom. The molecule has 0 spiro atoms. The highest BCUT2D eigenvalue weighted by Crippen LogP contribution is 2.39. The molecule has 1 amide bonds. The Hall–Kier alpha value is -1.46. The summed E-state index contributed by atoms with van der Waals surface area (Å²) in [5.74, 6) is -0.823. The average Bonchev–Trinajstić information content (AvgIpc) is 3.05. The van der Waals surface area contributed by atoms with E-state index in [0.29, 0.717) is 24.3 Å². The van der Waals surface area contributed by atoms with Gasteiger partial charge in [0.1, 0.15) is 5.82 Å². The number of hydrogen-bond acceptors (Lipinski definition) is 3. The van der Waals surface area contributed by atoms with Crippen LogP contribution in [0.5, 0.6) is 0 Å². The van der Waals surface area contributed by atoms with Gasteiger partial charge in [-0.05, 0) is 36.5 Å². The molecule has 108 valence electrons. The zero-order valence-electron chi connectivity index (χ0n) is 11.5. The molecule has 5 heteroatoms. The summed E-state index contributed by atoms with van der Waals surface area (Å²) in [6.07, 6.45) is 2.48. The zero-order valence-corrected chi connectivity index (χ0v) is 11.5. The molecule has 0 bridgehead atoms. The van der Waals surface area contributed by atoms with Crippen molar-refractivity contribution in [3.63, 3.8) is 0 Å². The first-order valence-corrected chi connectivity index (χ1v) is 7.13. The number of nitrogens with two attached hydrogens (primary N) is 1. The second-order valence-corrected chi connectivity index (χ2v) is 5.49. The molecular weight excluding hydrogens is 259 g/mol. The molecule has 20 heavy (non-hydrogen) atoms. The molecular formula is C15H19FN2O2. The Morgan fingerprint density at radius 1 is 1.55 bits per heavy atom. The highest BCUT2D eigenvalue weighted by molar-refractivity contribution is 6.03. The summed E-state index contributed by atoms with van der Waals surface area (Å²) in [7, 11) is 0. The normalized spacial score (nSPS) is 26.4. The van der Waals surface area contributed by atoms with Crippen LogP contribution in [0.2, 0.25) is 0 Å². The minimum atomic E-state index is -0.407. The Balaban J connectivity index is 1.96. The smallest absolute Gasteiger partial charge is 0.232 e. The highest BCUT2D eigenvalue weighted by atomic mass is 19.1. The minimum absolute atomic E-state index is 0.0578. The molecule has 0 aliphatic carbocycles. The van der Waals surface area contributed by atoms with Crippen molar-refractivity contribution >= 4 is 11.6 Å². The van der Waals surface area contributed by atoms with Crippen molar-refractivity contribution in [1.29, 1.82) is 0 Å². The molecule has 1 aromatic rings. The third kappa shape index (κ3) is 2.11. The van der Waals surface area contributed by atoms with Crippen LogP contribution in [0.15, 0.2) is 12.1 Å². The molecule has 2 aliphatic rings. The van der Waals surface area contributed by atoms with Crippen LogP contribution in [0.3, 0.4) is 0 Å². The van der Waals surface area contributed by atoms with Crippen LogP contribution in [0.4, 0.5) is 10.1 Å². The number of nitrogens with one attached hydrogen (secondary N) is 1. The molecule has 0 aromatic heterocycles. The molecule has 1 saturated heterocycles. The molecule has 3 atom stereocenters. The second kappa shape index (κ2) is 5.14. The minimum Gasteiger partial charge on any atom is -0.376 e. The third-order valence-electron chi connectivity index (χ3n) is 4.24. The maximum absolute atomic E-state index is 14.2. The molecule has 3 rings (SSSR count). The van der Waals surface area contributed by atoms with Crippen molar-refractivity contribution in [1.82, 2.24) is 0 Å². The summed E-state index contributed by atoms with van der Waals surface area (Å²) in [5, 5.41) is 2.62. The maximum atomic E-state index is 14.2. The van der Waals surface area contributed by atoms with Gasteiger partial charge in [-0.3, -0.25) is 4.79 Å². The molecule has 2 heterocycles. The Kier molecular flexibility index (Phi) is 3.48. The van der Waals surface area contributed by atoms with Gasteiger partial charge in [0.25, 0.3) is 0 Å². The number of anilines is 1. The van der Waals surface area contributed by atoms with Crippen LogP contribution in [0.1, 0.15) is 49.3 Å². The van der Waals surface area contributed by atoms with E-state index in [1.807, 2.05) is 13.0 Å². The number of fused-ring (bicyclic) bond motifs is 1. The standard InChI is InChI=1S/C15H19FN2O2/c1-2-9-10-6-8(13(17)12-4-3-5-20-12)7-11(16)14(10)18-15(9)19/h6-7,9,12-13H,2-5,17H2,1H3,(H,18,19). The van der Waals surface area contributed by atoms with Crippen molar-refractivity contribution in [2.45, 2.75) is 44.2 Å². The number of carbonyl (C=O) groups is 1. The number of rotatable bonds is 3. The number of amides is 1. The van der Waals surface area contributed by atoms with Crippen LogP contribution in [-0.2, 0) is 9.53 Å². The van der Waals surface area contributed by atoms with Gasteiger partial charge in [0.05, 0.1) is 23.8 Å². The summed E-state index contributed by atoms with van der Waals surface area (Å²) in [5.41, 5.74) is 7.93. The van der Waals surface area contributed by atoms with Crippen LogP contribution in [0, 0.1) is 5.82 Å². The summed E-state index contributed by atoms with van der Waals surface area (Å²) >= 11 is 0. The van der Waals surface area contributed by atoms with Crippen LogP contribution in [0.25, 0.3) is 0 Å². The monoisotopic (exact) mass is 278 g/mol. The molecule has 3 unspecified atom stereocenters. The molecule has 1 aromatic carbocycles. The van der Waals surface area contributed by atoms with Gasteiger partial charge < -0.3 is 15.8 Å². The van der Waals surface area contributed by atoms with Crippen molar-refractivity contribution in [3.05, 3.63) is 29.1 Å². The first kappa shape index (κ1) is 13.5. The van der Waals surface area contributed by atoms with Gasteiger partial charge in [0.15, 0.2) is 0 Å². The van der Waals surface area contributed by atoms with Crippen LogP contribution < -0.4 is 11.1 Å². The summed E-state index contributed by atoms with van der Waals surface area (Å²) in [4.78, 5) is 11.8. The SMILES string of the molecule is CCC1C(=O)Nc2c(F)cc(C(N)C3CCCO3)cc21. The van der Waals surface area contributed by atoms with Gasteiger partial charge in [-0.25, -0.2) is 4.39 Å². The Labute approximate surface area is 117 Å². The second-order valence-electron chi connectivity index (χ2n) is 5.49. The third-order valence-corrected chi connectivity index (χ3v) is 4.24. The lowest BCUT2D eigenvalue weighted by molar-refractivity contribution is -0.117. The molecule has 1 fully saturated rings. The topological polar surface area (TPSA) is 64.4 Å². The fourth-order valence-electron chi connectivity index (χ4n) is 3.11. The fraction of sp³-hybridized carbons (Fsp3) is 0.533. The van der Waals surface area contributed by atoms with E-state index in [1.54, 1.807) is 0 Å². The summed E-state index contributed by atoms with van der Waals surface area (Å²) < 4.78 is 19.7. The number of carbonyl (C=O) groups excluding carboxylic acids is 1. The molecule has 3 N–H and O–H groups in total. The van der Waals surface area contributed by atoms with Gasteiger partial charge >= 0.3 is 0 Å². The predicted octanol–water partition coefficient (Wildman–Crippen LogP) is 2.45. The van der Waals surface area contributed by atoms with E-state index in [4.69, 9.17) is 10.5 Å². The molecule has 4 nitrogen and oxygen atoms in total. The van der Waals surface area contributed by atoms with E-state index in [1.165, 1.54) is 6.07 Å². The molecule has 0 radical (unpaired) electrons. The number of ether oxygens (including phenoxy) is 1. The first-order chi connectivity index (χ1) is 9.61.